The van der Waals surface area contributed by atoms with Crippen molar-refractivity contribution in [1.82, 2.24) is 5.32 Å². The highest BCUT2D eigenvalue weighted by Gasteiger charge is 2.11. The molecule has 1 N–H and O–H groups in total. The van der Waals surface area contributed by atoms with Crippen LogP contribution >= 0.6 is 22.9 Å². The first-order valence-corrected chi connectivity index (χ1v) is 7.06. The Balaban J connectivity index is 2.03. The van der Waals surface area contributed by atoms with Gasteiger partial charge in [0.1, 0.15) is 5.75 Å². The van der Waals surface area contributed by atoms with Gasteiger partial charge in [-0.25, -0.2) is 0 Å². The lowest BCUT2D eigenvalue weighted by Gasteiger charge is -2.16. The standard InChI is InChI=1S/C14H16ClNOS/c1-10(11-5-3-4-6-13(11)17-2)16-9-14-12(15)7-8-18-14/h3-8,10,16H,9H2,1-2H3/t10-/m0/s1. The van der Waals surface area contributed by atoms with Crippen LogP contribution < -0.4 is 10.1 Å². The van der Waals surface area contributed by atoms with Gasteiger partial charge >= 0.3 is 0 Å². The van der Waals surface area contributed by atoms with E-state index in [1.807, 2.05) is 29.6 Å². The number of ether oxygens (including phenoxy) is 1. The van der Waals surface area contributed by atoms with Crippen molar-refractivity contribution < 1.29 is 4.74 Å². The molecule has 0 fully saturated rings. The van der Waals surface area contributed by atoms with Gasteiger partial charge in [-0.2, -0.15) is 0 Å². The summed E-state index contributed by atoms with van der Waals surface area (Å²) < 4.78 is 5.36. The number of nitrogens with one attached hydrogen (secondary N) is 1. The Kier molecular flexibility index (Phi) is 4.64. The number of hydrogen-bond donors (Lipinski definition) is 1. The Morgan fingerprint density at radius 3 is 2.78 bits per heavy atom. The molecule has 2 rings (SSSR count). The van der Waals surface area contributed by atoms with E-state index in [1.165, 1.54) is 4.88 Å². The number of para-hydroxylation sites is 1. The quantitative estimate of drug-likeness (QED) is 0.884. The molecule has 0 amide bonds. The summed E-state index contributed by atoms with van der Waals surface area (Å²) in [6.45, 7) is 2.90. The van der Waals surface area contributed by atoms with Gasteiger partial charge in [0.25, 0.3) is 0 Å². The van der Waals surface area contributed by atoms with Crippen molar-refractivity contribution in [2.75, 3.05) is 7.11 Å². The molecule has 4 heteroatoms. The van der Waals surface area contributed by atoms with E-state index in [9.17, 15) is 0 Å². The molecule has 1 atom stereocenters. The fourth-order valence-corrected chi connectivity index (χ4v) is 2.88. The maximum absolute atomic E-state index is 6.07. The third-order valence-electron chi connectivity index (χ3n) is 2.87. The Labute approximate surface area is 117 Å². The fraction of sp³-hybridized carbons (Fsp3) is 0.286. The first kappa shape index (κ1) is 13.4. The third-order valence-corrected chi connectivity index (χ3v) is 4.25. The predicted molar refractivity (Wildman–Crippen MR) is 77.6 cm³/mol. The molecule has 0 aliphatic heterocycles. The van der Waals surface area contributed by atoms with E-state index in [0.717, 1.165) is 22.9 Å². The predicted octanol–water partition coefficient (Wildman–Crippen LogP) is 4.26. The lowest BCUT2D eigenvalue weighted by atomic mass is 10.1. The topological polar surface area (TPSA) is 21.3 Å². The second kappa shape index (κ2) is 6.23. The number of methoxy groups -OCH3 is 1. The summed E-state index contributed by atoms with van der Waals surface area (Å²) in [5, 5.41) is 6.30. The second-order valence-corrected chi connectivity index (χ2v) is 5.44. The lowest BCUT2D eigenvalue weighted by molar-refractivity contribution is 0.401. The summed E-state index contributed by atoms with van der Waals surface area (Å²) in [5.41, 5.74) is 1.16. The summed E-state index contributed by atoms with van der Waals surface area (Å²) >= 11 is 7.74. The van der Waals surface area contributed by atoms with Crippen LogP contribution in [0, 0.1) is 0 Å². The molecule has 96 valence electrons. The monoisotopic (exact) mass is 281 g/mol. The third kappa shape index (κ3) is 3.05. The highest BCUT2D eigenvalue weighted by atomic mass is 35.5. The SMILES string of the molecule is COc1ccccc1[C@H](C)NCc1sccc1Cl. The van der Waals surface area contributed by atoms with Gasteiger partial charge in [-0.1, -0.05) is 29.8 Å². The first-order chi connectivity index (χ1) is 8.72. The molecule has 0 spiro atoms. The first-order valence-electron chi connectivity index (χ1n) is 5.80. The molecule has 0 radical (unpaired) electrons. The zero-order valence-corrected chi connectivity index (χ0v) is 12.0. The van der Waals surface area contributed by atoms with Gasteiger partial charge < -0.3 is 10.1 Å². The van der Waals surface area contributed by atoms with Crippen LogP contribution in [0.4, 0.5) is 0 Å². The van der Waals surface area contributed by atoms with Crippen LogP contribution in [0.2, 0.25) is 5.02 Å². The average Bonchev–Trinajstić information content (AvgIpc) is 2.81. The molecule has 1 aromatic heterocycles. The van der Waals surface area contributed by atoms with Crippen LogP contribution in [0.5, 0.6) is 5.75 Å². The van der Waals surface area contributed by atoms with E-state index in [1.54, 1.807) is 18.4 Å². The molecule has 1 heterocycles. The van der Waals surface area contributed by atoms with Gasteiger partial charge in [-0.05, 0) is 24.4 Å². The zero-order valence-electron chi connectivity index (χ0n) is 10.4. The number of benzene rings is 1. The largest absolute Gasteiger partial charge is 0.496 e. The van der Waals surface area contributed by atoms with Crippen molar-refractivity contribution in [3.05, 3.63) is 51.2 Å². The highest BCUT2D eigenvalue weighted by molar-refractivity contribution is 7.10. The van der Waals surface area contributed by atoms with E-state index >= 15 is 0 Å². The fourth-order valence-electron chi connectivity index (χ4n) is 1.83. The minimum Gasteiger partial charge on any atom is -0.496 e. The number of rotatable bonds is 5. The van der Waals surface area contributed by atoms with Crippen molar-refractivity contribution in [2.45, 2.75) is 19.5 Å². The summed E-state index contributed by atoms with van der Waals surface area (Å²) in [6, 6.07) is 10.2. The van der Waals surface area contributed by atoms with E-state index in [-0.39, 0.29) is 6.04 Å². The van der Waals surface area contributed by atoms with Crippen LogP contribution in [0.1, 0.15) is 23.4 Å². The van der Waals surface area contributed by atoms with Crippen molar-refractivity contribution in [3.63, 3.8) is 0 Å². The Hall–Kier alpha value is -1.03. The second-order valence-electron chi connectivity index (χ2n) is 4.04. The summed E-state index contributed by atoms with van der Waals surface area (Å²) in [5.74, 6) is 0.912. The maximum Gasteiger partial charge on any atom is 0.123 e. The molecule has 2 aromatic rings. The van der Waals surface area contributed by atoms with Crippen molar-refractivity contribution in [3.8, 4) is 5.75 Å². The van der Waals surface area contributed by atoms with Crippen LogP contribution in [0.3, 0.4) is 0 Å². The summed E-state index contributed by atoms with van der Waals surface area (Å²) in [4.78, 5) is 1.17. The van der Waals surface area contributed by atoms with Crippen molar-refractivity contribution >= 4 is 22.9 Å². The number of hydrogen-bond acceptors (Lipinski definition) is 3. The Bertz CT molecular complexity index is 512. The highest BCUT2D eigenvalue weighted by Crippen LogP contribution is 2.26. The van der Waals surface area contributed by atoms with E-state index in [2.05, 4.69) is 18.3 Å². The van der Waals surface area contributed by atoms with E-state index in [0.29, 0.717) is 0 Å². The van der Waals surface area contributed by atoms with Gasteiger partial charge in [0.15, 0.2) is 0 Å². The van der Waals surface area contributed by atoms with Crippen molar-refractivity contribution in [1.29, 1.82) is 0 Å². The molecule has 0 aliphatic carbocycles. The molecule has 18 heavy (non-hydrogen) atoms. The molecule has 0 saturated heterocycles. The van der Waals surface area contributed by atoms with Gasteiger partial charge in [0.2, 0.25) is 0 Å². The van der Waals surface area contributed by atoms with Crippen LogP contribution in [0.15, 0.2) is 35.7 Å². The number of halogens is 1. The minimum atomic E-state index is 0.222. The van der Waals surface area contributed by atoms with Gasteiger partial charge in [-0.15, -0.1) is 11.3 Å². The molecule has 2 nitrogen and oxygen atoms in total. The lowest BCUT2D eigenvalue weighted by Crippen LogP contribution is -2.18. The van der Waals surface area contributed by atoms with Gasteiger partial charge in [0, 0.05) is 23.0 Å². The van der Waals surface area contributed by atoms with Crippen LogP contribution in [0.25, 0.3) is 0 Å². The molecule has 1 aromatic carbocycles. The summed E-state index contributed by atoms with van der Waals surface area (Å²) in [7, 11) is 1.70. The smallest absolute Gasteiger partial charge is 0.123 e. The molecule has 0 unspecified atom stereocenters. The normalized spacial score (nSPS) is 12.4. The van der Waals surface area contributed by atoms with E-state index < -0.39 is 0 Å². The summed E-state index contributed by atoms with van der Waals surface area (Å²) in [6.07, 6.45) is 0. The minimum absolute atomic E-state index is 0.222. The Morgan fingerprint density at radius 1 is 1.33 bits per heavy atom. The molecular weight excluding hydrogens is 266 g/mol. The van der Waals surface area contributed by atoms with Gasteiger partial charge in [0.05, 0.1) is 12.1 Å². The zero-order chi connectivity index (χ0) is 13.0. The number of thiophene rings is 1. The van der Waals surface area contributed by atoms with Gasteiger partial charge in [-0.3, -0.25) is 0 Å². The van der Waals surface area contributed by atoms with Crippen LogP contribution in [-0.4, -0.2) is 7.11 Å². The van der Waals surface area contributed by atoms with Crippen molar-refractivity contribution in [2.24, 2.45) is 0 Å². The molecule has 0 bridgehead atoms. The molecular formula is C14H16ClNOS. The molecule has 0 saturated carbocycles. The van der Waals surface area contributed by atoms with Crippen LogP contribution in [-0.2, 0) is 6.54 Å². The average molecular weight is 282 g/mol. The molecule has 0 aliphatic rings. The maximum atomic E-state index is 6.07. The Morgan fingerprint density at radius 2 is 2.11 bits per heavy atom. The van der Waals surface area contributed by atoms with E-state index in [4.69, 9.17) is 16.3 Å².